The Hall–Kier alpha value is -1.30. The monoisotopic (exact) mass is 344 g/mol. The molecule has 1 amide bonds. The molecule has 2 rings (SSSR count). The maximum absolute atomic E-state index is 13.5. The number of amides is 1. The minimum absolute atomic E-state index is 0.229. The second-order valence-corrected chi connectivity index (χ2v) is 6.39. The summed E-state index contributed by atoms with van der Waals surface area (Å²) in [6.45, 7) is 1.68. The van der Waals surface area contributed by atoms with Crippen LogP contribution in [-0.4, -0.2) is 16.1 Å². The van der Waals surface area contributed by atoms with Gasteiger partial charge in [-0.05, 0) is 25.1 Å². The molecule has 0 fully saturated rings. The molecule has 110 valence electrons. The average molecular weight is 345 g/mol. The molecule has 0 radical (unpaired) electrons. The van der Waals surface area contributed by atoms with Gasteiger partial charge in [0.05, 0.1) is 15.3 Å². The number of nitrogens with zero attached hydrogens (tertiary/aromatic N) is 1. The molecule has 7 heteroatoms. The summed E-state index contributed by atoms with van der Waals surface area (Å²) in [4.78, 5) is 16.4. The van der Waals surface area contributed by atoms with Gasteiger partial charge < -0.3 is 5.32 Å². The summed E-state index contributed by atoms with van der Waals surface area (Å²) >= 11 is 12.8. The number of benzene rings is 1. The van der Waals surface area contributed by atoms with E-state index in [1.807, 2.05) is 0 Å². The number of thioether (sulfide) groups is 1. The van der Waals surface area contributed by atoms with Crippen molar-refractivity contribution in [2.75, 3.05) is 5.32 Å². The minimum atomic E-state index is -0.504. The Kier molecular flexibility index (Phi) is 5.45. The lowest BCUT2D eigenvalue weighted by Gasteiger charge is -2.12. The third-order valence-corrected chi connectivity index (χ3v) is 4.21. The van der Waals surface area contributed by atoms with E-state index in [1.54, 1.807) is 25.1 Å². The largest absolute Gasteiger partial charge is 0.308 e. The summed E-state index contributed by atoms with van der Waals surface area (Å²) in [5.74, 6) is -0.447. The van der Waals surface area contributed by atoms with Crippen molar-refractivity contribution in [1.82, 2.24) is 4.98 Å². The van der Waals surface area contributed by atoms with Crippen LogP contribution in [0.25, 0.3) is 0 Å². The van der Waals surface area contributed by atoms with Crippen molar-refractivity contribution in [2.45, 2.75) is 17.1 Å². The van der Waals surface area contributed by atoms with Gasteiger partial charge in [0.25, 0.3) is 0 Å². The minimum Gasteiger partial charge on any atom is -0.308 e. The fraction of sp³-hybridized carbons (Fsp3) is 0.143. The zero-order chi connectivity index (χ0) is 15.4. The van der Waals surface area contributed by atoms with E-state index >= 15 is 0 Å². The van der Waals surface area contributed by atoms with E-state index in [0.29, 0.717) is 9.92 Å². The highest BCUT2D eigenvalue weighted by molar-refractivity contribution is 8.00. The molecule has 0 saturated carbocycles. The van der Waals surface area contributed by atoms with Gasteiger partial charge in [-0.3, -0.25) is 4.79 Å². The van der Waals surface area contributed by atoms with E-state index in [9.17, 15) is 9.18 Å². The molecular formula is C14H11Cl2FN2OS. The molecule has 1 heterocycles. The topological polar surface area (TPSA) is 42.0 Å². The second kappa shape index (κ2) is 7.11. The lowest BCUT2D eigenvalue weighted by atomic mass is 10.3. The molecule has 2 aromatic rings. The van der Waals surface area contributed by atoms with E-state index in [0.717, 1.165) is 11.8 Å². The van der Waals surface area contributed by atoms with Gasteiger partial charge in [-0.15, -0.1) is 11.8 Å². The van der Waals surface area contributed by atoms with Crippen LogP contribution in [0.1, 0.15) is 6.92 Å². The smallest absolute Gasteiger partial charge is 0.238 e. The summed E-state index contributed by atoms with van der Waals surface area (Å²) in [6.07, 6.45) is 1.39. The lowest BCUT2D eigenvalue weighted by molar-refractivity contribution is -0.115. The average Bonchev–Trinajstić information content (AvgIpc) is 2.44. The summed E-state index contributed by atoms with van der Waals surface area (Å²) in [5.41, 5.74) is 0. The van der Waals surface area contributed by atoms with E-state index in [1.165, 1.54) is 18.3 Å². The Balaban J connectivity index is 2.04. The lowest BCUT2D eigenvalue weighted by Crippen LogP contribution is -2.23. The van der Waals surface area contributed by atoms with Gasteiger partial charge in [-0.25, -0.2) is 9.37 Å². The van der Waals surface area contributed by atoms with Gasteiger partial charge in [0.15, 0.2) is 5.82 Å². The third-order valence-electron chi connectivity index (χ3n) is 2.56. The van der Waals surface area contributed by atoms with Crippen molar-refractivity contribution < 1.29 is 9.18 Å². The van der Waals surface area contributed by atoms with Crippen molar-refractivity contribution in [3.8, 4) is 0 Å². The zero-order valence-electron chi connectivity index (χ0n) is 10.9. The number of pyridine rings is 1. The van der Waals surface area contributed by atoms with Crippen LogP contribution in [0.2, 0.25) is 10.0 Å². The number of hydrogen-bond acceptors (Lipinski definition) is 3. The number of hydrogen-bond donors (Lipinski definition) is 1. The molecule has 1 aromatic carbocycles. The van der Waals surface area contributed by atoms with Crippen molar-refractivity contribution in [2.24, 2.45) is 0 Å². The van der Waals surface area contributed by atoms with E-state index in [2.05, 4.69) is 10.3 Å². The Morgan fingerprint density at radius 3 is 2.76 bits per heavy atom. The second-order valence-electron chi connectivity index (χ2n) is 4.16. The first-order valence-corrected chi connectivity index (χ1v) is 7.64. The van der Waals surface area contributed by atoms with Crippen molar-refractivity contribution >= 4 is 46.7 Å². The van der Waals surface area contributed by atoms with Crippen molar-refractivity contribution in [3.63, 3.8) is 0 Å². The van der Waals surface area contributed by atoms with Gasteiger partial charge >= 0.3 is 0 Å². The predicted octanol–water partition coefficient (Wildman–Crippen LogP) is 4.65. The number of carbonyl (C=O) groups is 1. The normalized spacial score (nSPS) is 12.0. The number of rotatable bonds is 4. The van der Waals surface area contributed by atoms with Crippen molar-refractivity contribution in [3.05, 3.63) is 52.4 Å². The molecule has 0 unspecified atom stereocenters. The molecule has 1 atom stereocenters. The standard InChI is InChI=1S/C14H11Cl2FN2OS/c1-8(21-12-5-3-2-4-11(12)17)14(20)19-13-10(16)6-9(15)7-18-13/h2-8H,1H3,(H,18,19,20)/t8-/m1/s1. The predicted molar refractivity (Wildman–Crippen MR) is 84.6 cm³/mol. The first kappa shape index (κ1) is 16.1. The molecule has 1 N–H and O–H groups in total. The quantitative estimate of drug-likeness (QED) is 0.821. The zero-order valence-corrected chi connectivity index (χ0v) is 13.3. The van der Waals surface area contributed by atoms with Crippen LogP contribution in [0.5, 0.6) is 0 Å². The molecule has 0 bridgehead atoms. The van der Waals surface area contributed by atoms with Crippen LogP contribution in [0.4, 0.5) is 10.2 Å². The third kappa shape index (κ3) is 4.33. The van der Waals surface area contributed by atoms with Gasteiger partial charge in [0.2, 0.25) is 5.91 Å². The Labute approximate surface area is 135 Å². The van der Waals surface area contributed by atoms with Gasteiger partial charge in [-0.1, -0.05) is 35.3 Å². The van der Waals surface area contributed by atoms with E-state index < -0.39 is 5.25 Å². The highest BCUT2D eigenvalue weighted by Crippen LogP contribution is 2.28. The Morgan fingerprint density at radius 1 is 1.38 bits per heavy atom. The number of anilines is 1. The number of halogens is 3. The van der Waals surface area contributed by atoms with Crippen LogP contribution in [0, 0.1) is 5.82 Å². The van der Waals surface area contributed by atoms with Gasteiger partial charge in [0, 0.05) is 11.1 Å². The molecule has 21 heavy (non-hydrogen) atoms. The molecule has 0 aliphatic heterocycles. The maximum Gasteiger partial charge on any atom is 0.238 e. The van der Waals surface area contributed by atoms with Crippen LogP contribution in [0.15, 0.2) is 41.4 Å². The molecule has 3 nitrogen and oxygen atoms in total. The summed E-state index contributed by atoms with van der Waals surface area (Å²) in [6, 6.07) is 7.78. The van der Waals surface area contributed by atoms with Gasteiger partial charge in [0.1, 0.15) is 5.82 Å². The highest BCUT2D eigenvalue weighted by Gasteiger charge is 2.18. The molecule has 0 saturated heterocycles. The molecular weight excluding hydrogens is 334 g/mol. The molecule has 0 spiro atoms. The summed E-state index contributed by atoms with van der Waals surface area (Å²) in [5, 5.41) is 2.72. The number of nitrogens with one attached hydrogen (secondary N) is 1. The molecule has 0 aliphatic rings. The summed E-state index contributed by atoms with van der Waals surface area (Å²) in [7, 11) is 0. The maximum atomic E-state index is 13.5. The molecule has 1 aromatic heterocycles. The van der Waals surface area contributed by atoms with Crippen LogP contribution in [0.3, 0.4) is 0 Å². The van der Waals surface area contributed by atoms with Crippen LogP contribution >= 0.6 is 35.0 Å². The fourth-order valence-corrected chi connectivity index (χ4v) is 2.82. The summed E-state index contributed by atoms with van der Waals surface area (Å²) < 4.78 is 13.5. The van der Waals surface area contributed by atoms with E-state index in [-0.39, 0.29) is 22.6 Å². The fourth-order valence-electron chi connectivity index (χ4n) is 1.51. The first-order valence-electron chi connectivity index (χ1n) is 6.00. The van der Waals surface area contributed by atoms with Crippen LogP contribution < -0.4 is 5.32 Å². The Bertz CT molecular complexity index is 669. The Morgan fingerprint density at radius 2 is 2.10 bits per heavy atom. The van der Waals surface area contributed by atoms with E-state index in [4.69, 9.17) is 23.2 Å². The first-order chi connectivity index (χ1) is 9.97. The molecule has 0 aliphatic carbocycles. The number of carbonyl (C=O) groups excluding carboxylic acids is 1. The number of aromatic nitrogens is 1. The highest BCUT2D eigenvalue weighted by atomic mass is 35.5. The van der Waals surface area contributed by atoms with Crippen molar-refractivity contribution in [1.29, 1.82) is 0 Å². The van der Waals surface area contributed by atoms with Gasteiger partial charge in [-0.2, -0.15) is 0 Å². The SMILES string of the molecule is C[C@@H](Sc1ccccc1F)C(=O)Nc1ncc(Cl)cc1Cl. The van der Waals surface area contributed by atoms with Crippen LogP contribution in [-0.2, 0) is 4.79 Å².